The van der Waals surface area contributed by atoms with Crippen LogP contribution in [-0.2, 0) is 6.54 Å². The lowest BCUT2D eigenvalue weighted by Crippen LogP contribution is -2.47. The molecule has 0 N–H and O–H groups in total. The fourth-order valence-corrected chi connectivity index (χ4v) is 4.87. The zero-order chi connectivity index (χ0) is 17.9. The van der Waals surface area contributed by atoms with Gasteiger partial charge in [0.1, 0.15) is 0 Å². The van der Waals surface area contributed by atoms with Crippen molar-refractivity contribution in [1.82, 2.24) is 14.8 Å². The molecule has 3 aliphatic rings. The Hall–Kier alpha value is -1.85. The first-order chi connectivity index (χ1) is 12.7. The van der Waals surface area contributed by atoms with Gasteiger partial charge in [-0.2, -0.15) is 0 Å². The molecule has 4 nitrogen and oxygen atoms in total. The van der Waals surface area contributed by atoms with Crippen molar-refractivity contribution in [3.8, 4) is 0 Å². The first-order valence-electron chi connectivity index (χ1n) is 9.30. The van der Waals surface area contributed by atoms with Crippen LogP contribution < -0.4 is 0 Å². The van der Waals surface area contributed by atoms with Crippen molar-refractivity contribution < 1.29 is 4.79 Å². The first-order valence-corrected chi connectivity index (χ1v) is 10.5. The number of thioether (sulfide) groups is 1. The van der Waals surface area contributed by atoms with E-state index in [1.807, 2.05) is 42.9 Å². The zero-order valence-electron chi connectivity index (χ0n) is 15.2. The minimum Gasteiger partial charge on any atom is -0.334 e. The fourth-order valence-electron chi connectivity index (χ4n) is 4.28. The van der Waals surface area contributed by atoms with Crippen molar-refractivity contribution in [3.63, 3.8) is 0 Å². The molecule has 5 heteroatoms. The third kappa shape index (κ3) is 3.64. The van der Waals surface area contributed by atoms with Gasteiger partial charge in [-0.3, -0.25) is 14.7 Å². The van der Waals surface area contributed by atoms with E-state index < -0.39 is 0 Å². The van der Waals surface area contributed by atoms with Gasteiger partial charge in [-0.25, -0.2) is 0 Å². The summed E-state index contributed by atoms with van der Waals surface area (Å²) in [6, 6.07) is 12.5. The standard InChI is InChI=1S/C21H25N3OS/c1-26-20-5-3-2-4-19(20)21(25)24-14-17-6-7-18(24)15-23(13-17)12-16-8-10-22-11-9-16/h2-5,8-11,17-18H,6-7,12-15H2,1H3/t17-,18+/m0/s1. The van der Waals surface area contributed by atoms with Crippen LogP contribution in [0.1, 0.15) is 28.8 Å². The van der Waals surface area contributed by atoms with E-state index in [-0.39, 0.29) is 5.91 Å². The molecule has 3 fully saturated rings. The van der Waals surface area contributed by atoms with Gasteiger partial charge in [-0.15, -0.1) is 11.8 Å². The van der Waals surface area contributed by atoms with E-state index in [4.69, 9.17) is 0 Å². The molecule has 2 aromatic rings. The van der Waals surface area contributed by atoms with Crippen LogP contribution >= 0.6 is 11.8 Å². The Balaban J connectivity index is 1.52. The normalized spacial score (nSPS) is 23.0. The number of piperidine rings is 1. The topological polar surface area (TPSA) is 36.4 Å². The summed E-state index contributed by atoms with van der Waals surface area (Å²) in [5, 5.41) is 0. The zero-order valence-corrected chi connectivity index (χ0v) is 16.0. The maximum absolute atomic E-state index is 13.3. The van der Waals surface area contributed by atoms with E-state index >= 15 is 0 Å². The predicted octanol–water partition coefficient (Wildman–Crippen LogP) is 3.54. The average molecular weight is 368 g/mol. The lowest BCUT2D eigenvalue weighted by molar-refractivity contribution is 0.0581. The van der Waals surface area contributed by atoms with Gasteiger partial charge in [0.2, 0.25) is 0 Å². The lowest BCUT2D eigenvalue weighted by Gasteiger charge is -2.36. The SMILES string of the molecule is CSc1ccccc1C(=O)N1C[C@H]2CC[C@@H]1CN(Cc1ccncc1)C2. The van der Waals surface area contributed by atoms with Crippen LogP contribution in [0.15, 0.2) is 53.7 Å². The summed E-state index contributed by atoms with van der Waals surface area (Å²) >= 11 is 1.65. The van der Waals surface area contributed by atoms with Gasteiger partial charge in [0.15, 0.2) is 0 Å². The summed E-state index contributed by atoms with van der Waals surface area (Å²) in [6.07, 6.45) is 8.10. The van der Waals surface area contributed by atoms with Crippen LogP contribution in [0.4, 0.5) is 0 Å². The molecule has 0 radical (unpaired) electrons. The quantitative estimate of drug-likeness (QED) is 0.775. The number of carbonyl (C=O) groups excluding carboxylic acids is 1. The summed E-state index contributed by atoms with van der Waals surface area (Å²) in [5.41, 5.74) is 2.15. The highest BCUT2D eigenvalue weighted by Gasteiger charge is 2.37. The van der Waals surface area contributed by atoms with Crippen molar-refractivity contribution >= 4 is 17.7 Å². The van der Waals surface area contributed by atoms with Gasteiger partial charge in [-0.1, -0.05) is 12.1 Å². The van der Waals surface area contributed by atoms with Crippen molar-refractivity contribution in [2.24, 2.45) is 5.92 Å². The average Bonchev–Trinajstić information content (AvgIpc) is 2.98. The molecular formula is C21H25N3OS. The molecule has 3 aliphatic heterocycles. The number of benzene rings is 1. The van der Waals surface area contributed by atoms with Crippen LogP contribution in [0.5, 0.6) is 0 Å². The Bertz CT molecular complexity index is 767. The summed E-state index contributed by atoms with van der Waals surface area (Å²) in [6.45, 7) is 3.87. The Kier molecular flexibility index (Phi) is 5.27. The third-order valence-corrected chi connectivity index (χ3v) is 6.34. The number of aromatic nitrogens is 1. The number of rotatable bonds is 4. The Morgan fingerprint density at radius 1 is 1.12 bits per heavy atom. The van der Waals surface area contributed by atoms with Gasteiger partial charge in [0, 0.05) is 49.5 Å². The largest absolute Gasteiger partial charge is 0.334 e. The highest BCUT2D eigenvalue weighted by Crippen LogP contribution is 2.31. The van der Waals surface area contributed by atoms with Gasteiger partial charge >= 0.3 is 0 Å². The number of carbonyl (C=O) groups is 1. The molecule has 0 spiro atoms. The molecule has 5 rings (SSSR count). The van der Waals surface area contributed by atoms with Crippen LogP contribution in [0.2, 0.25) is 0 Å². The van der Waals surface area contributed by atoms with Crippen molar-refractivity contribution in [2.45, 2.75) is 30.3 Å². The van der Waals surface area contributed by atoms with Crippen LogP contribution in [0, 0.1) is 5.92 Å². The molecule has 136 valence electrons. The van der Waals surface area contributed by atoms with E-state index in [2.05, 4.69) is 26.9 Å². The van der Waals surface area contributed by atoms with E-state index in [1.54, 1.807) is 11.8 Å². The molecule has 2 atom stereocenters. The molecule has 0 aliphatic carbocycles. The maximum atomic E-state index is 13.3. The highest BCUT2D eigenvalue weighted by molar-refractivity contribution is 7.98. The van der Waals surface area contributed by atoms with Crippen molar-refractivity contribution in [2.75, 3.05) is 25.9 Å². The monoisotopic (exact) mass is 367 g/mol. The summed E-state index contributed by atoms with van der Waals surface area (Å²) < 4.78 is 0. The molecule has 0 saturated carbocycles. The smallest absolute Gasteiger partial charge is 0.255 e. The molecule has 3 saturated heterocycles. The molecule has 0 unspecified atom stereocenters. The molecule has 2 bridgehead atoms. The molecular weight excluding hydrogens is 342 g/mol. The lowest BCUT2D eigenvalue weighted by atomic mass is 9.94. The van der Waals surface area contributed by atoms with Gasteiger partial charge in [0.05, 0.1) is 5.56 Å². The number of pyridine rings is 1. The van der Waals surface area contributed by atoms with Crippen LogP contribution in [-0.4, -0.2) is 52.6 Å². The van der Waals surface area contributed by atoms with Gasteiger partial charge in [0.25, 0.3) is 5.91 Å². The predicted molar refractivity (Wildman–Crippen MR) is 105 cm³/mol. The fraction of sp³-hybridized carbons (Fsp3) is 0.429. The third-order valence-electron chi connectivity index (χ3n) is 5.54. The summed E-state index contributed by atoms with van der Waals surface area (Å²) in [7, 11) is 0. The van der Waals surface area contributed by atoms with E-state index in [9.17, 15) is 4.79 Å². The minimum atomic E-state index is 0.204. The Morgan fingerprint density at radius 2 is 1.92 bits per heavy atom. The number of nitrogens with zero attached hydrogens (tertiary/aromatic N) is 3. The van der Waals surface area contributed by atoms with E-state index in [0.717, 1.165) is 43.1 Å². The Morgan fingerprint density at radius 3 is 2.73 bits per heavy atom. The Labute approximate surface area is 159 Å². The highest BCUT2D eigenvalue weighted by atomic mass is 32.2. The molecule has 4 heterocycles. The number of hydrogen-bond acceptors (Lipinski definition) is 4. The minimum absolute atomic E-state index is 0.204. The van der Waals surface area contributed by atoms with Gasteiger partial charge < -0.3 is 4.90 Å². The second-order valence-electron chi connectivity index (χ2n) is 7.30. The maximum Gasteiger partial charge on any atom is 0.255 e. The second kappa shape index (κ2) is 7.80. The van der Waals surface area contributed by atoms with E-state index in [1.165, 1.54) is 12.0 Å². The molecule has 1 aromatic carbocycles. The molecule has 26 heavy (non-hydrogen) atoms. The van der Waals surface area contributed by atoms with Crippen molar-refractivity contribution in [1.29, 1.82) is 0 Å². The summed E-state index contributed by atoms with van der Waals surface area (Å²) in [5.74, 6) is 0.774. The number of fused-ring (bicyclic) bond motifs is 4. The van der Waals surface area contributed by atoms with E-state index in [0.29, 0.717) is 12.0 Å². The van der Waals surface area contributed by atoms with Crippen molar-refractivity contribution in [3.05, 3.63) is 59.9 Å². The first kappa shape index (κ1) is 17.6. The molecule has 1 amide bonds. The summed E-state index contributed by atoms with van der Waals surface area (Å²) in [4.78, 5) is 23.1. The van der Waals surface area contributed by atoms with Gasteiger partial charge in [-0.05, 0) is 54.8 Å². The second-order valence-corrected chi connectivity index (χ2v) is 8.15. The number of amides is 1. The van der Waals surface area contributed by atoms with Crippen LogP contribution in [0.3, 0.4) is 0 Å². The molecule has 1 aromatic heterocycles. The number of hydrogen-bond donors (Lipinski definition) is 0. The van der Waals surface area contributed by atoms with Crippen LogP contribution in [0.25, 0.3) is 0 Å².